The van der Waals surface area contributed by atoms with Crippen LogP contribution >= 0.6 is 0 Å². The van der Waals surface area contributed by atoms with Gasteiger partial charge in [0.2, 0.25) is 6.29 Å². The zero-order valence-electron chi connectivity index (χ0n) is 38.1. The van der Waals surface area contributed by atoms with Gasteiger partial charge in [0.25, 0.3) is 0 Å². The van der Waals surface area contributed by atoms with E-state index < -0.39 is 33.7 Å². The van der Waals surface area contributed by atoms with Gasteiger partial charge in [0.15, 0.2) is 0 Å². The number of hydrogen-bond donors (Lipinski definition) is 1. The minimum atomic E-state index is -0.606. The first-order valence-corrected chi connectivity index (χ1v) is 23.4. The van der Waals surface area contributed by atoms with Crippen molar-refractivity contribution in [3.63, 3.8) is 0 Å². The van der Waals surface area contributed by atoms with Crippen LogP contribution in [0.1, 0.15) is 217 Å². The van der Waals surface area contributed by atoms with E-state index >= 15 is 0 Å². The Bertz CT molecular complexity index is 1670. The van der Waals surface area contributed by atoms with E-state index in [1.54, 1.807) is 6.92 Å². The maximum Gasteiger partial charge on any atom is 0.313 e. The Morgan fingerprint density at radius 2 is 1.15 bits per heavy atom. The number of ether oxygens (including phenoxy) is 6. The van der Waals surface area contributed by atoms with Gasteiger partial charge in [0.05, 0.1) is 33.7 Å². The van der Waals surface area contributed by atoms with Crippen molar-refractivity contribution < 1.29 is 57.5 Å². The highest BCUT2D eigenvalue weighted by molar-refractivity contribution is 5.78. The molecule has 10 bridgehead atoms. The molecule has 12 atom stereocenters. The molecule has 1 N–H and O–H groups in total. The predicted molar refractivity (Wildman–Crippen MR) is 260 cm³/mol. The largest absolute Gasteiger partial charge is 0.462 e. The van der Waals surface area contributed by atoms with E-state index in [1.165, 1.54) is 6.42 Å². The van der Waals surface area contributed by atoms with Crippen molar-refractivity contribution in [2.24, 2.45) is 57.7 Å². The molecule has 0 aromatic rings. The topological polar surface area (TPSA) is 161 Å². The third-order valence-corrected chi connectivity index (χ3v) is 16.6. The van der Waals surface area contributed by atoms with E-state index in [2.05, 4.69) is 0 Å². The van der Waals surface area contributed by atoms with E-state index in [9.17, 15) is 29.1 Å². The summed E-state index contributed by atoms with van der Waals surface area (Å²) in [6, 6.07) is 0. The SMILES string of the molecule is C.C.C.C.C.C.CCC(C)(C)C(=O)OC(C)OC1C2CC3C(=O)OC1C3C2.CCC(C)(C)C(=O)OC12CC3CC(C1)OC(=O)C(C3)C2.CCC(C)(C)C(=O)OC12CC3CC(CC(O)(C3)C1)C2. The molecule has 66 heavy (non-hydrogen) atoms. The summed E-state index contributed by atoms with van der Waals surface area (Å²) < 4.78 is 34.2. The van der Waals surface area contributed by atoms with E-state index in [-0.39, 0.29) is 110 Å². The van der Waals surface area contributed by atoms with Gasteiger partial charge in [-0.05, 0) is 156 Å². The van der Waals surface area contributed by atoms with Crippen molar-refractivity contribution in [2.45, 2.75) is 258 Å². The van der Waals surface area contributed by atoms with Crippen molar-refractivity contribution in [2.75, 3.05) is 0 Å². The number of esters is 5. The summed E-state index contributed by atoms with van der Waals surface area (Å²) in [6.45, 7) is 19.2. The maximum absolute atomic E-state index is 12.4. The van der Waals surface area contributed by atoms with E-state index in [0.717, 1.165) is 70.6 Å². The fourth-order valence-electron chi connectivity index (χ4n) is 12.5. The number of rotatable bonds is 11. The van der Waals surface area contributed by atoms with Crippen molar-refractivity contribution in [1.82, 2.24) is 0 Å². The van der Waals surface area contributed by atoms with Crippen LogP contribution in [0, 0.1) is 57.7 Å². The lowest BCUT2D eigenvalue weighted by Crippen LogP contribution is -2.61. The van der Waals surface area contributed by atoms with Gasteiger partial charge in [-0.2, -0.15) is 0 Å². The van der Waals surface area contributed by atoms with Crippen LogP contribution in [0.3, 0.4) is 0 Å². The maximum atomic E-state index is 12.4. The first kappa shape index (κ1) is 61.3. The van der Waals surface area contributed by atoms with Gasteiger partial charge in [-0.25, -0.2) is 0 Å². The second kappa shape index (κ2) is 21.9. The Morgan fingerprint density at radius 3 is 1.68 bits per heavy atom. The molecule has 0 radical (unpaired) electrons. The smallest absolute Gasteiger partial charge is 0.313 e. The van der Waals surface area contributed by atoms with E-state index in [1.807, 2.05) is 62.3 Å². The quantitative estimate of drug-likeness (QED) is 0.119. The highest BCUT2D eigenvalue weighted by Crippen LogP contribution is 2.60. The Hall–Kier alpha value is -2.73. The fourth-order valence-corrected chi connectivity index (χ4v) is 12.5. The lowest BCUT2D eigenvalue weighted by atomic mass is 9.52. The Kier molecular flexibility index (Phi) is 20.4. The molecule has 12 unspecified atom stereocenters. The normalized spacial score (nSPS) is 37.0. The number of hydrogen-bond acceptors (Lipinski definition) is 12. The van der Waals surface area contributed by atoms with Crippen LogP contribution in [0.2, 0.25) is 0 Å². The third kappa shape index (κ3) is 12.2. The molecule has 3 heterocycles. The monoisotopic (exact) mass is 939 g/mol. The molecular formula is C54H98O12. The molecular weight excluding hydrogens is 841 g/mol. The van der Waals surface area contributed by atoms with Crippen LogP contribution in [-0.2, 0) is 52.4 Å². The molecule has 0 aromatic heterocycles. The van der Waals surface area contributed by atoms with Gasteiger partial charge in [-0.1, -0.05) is 65.3 Å². The Labute approximate surface area is 401 Å². The van der Waals surface area contributed by atoms with Crippen molar-refractivity contribution in [3.05, 3.63) is 0 Å². The molecule has 11 rings (SSSR count). The van der Waals surface area contributed by atoms with Gasteiger partial charge >= 0.3 is 29.8 Å². The molecule has 3 aliphatic heterocycles. The van der Waals surface area contributed by atoms with Crippen LogP contribution in [0.25, 0.3) is 0 Å². The van der Waals surface area contributed by atoms with Crippen molar-refractivity contribution in [1.29, 1.82) is 0 Å². The lowest BCUT2D eigenvalue weighted by Gasteiger charge is -2.59. The van der Waals surface area contributed by atoms with Gasteiger partial charge < -0.3 is 33.5 Å². The number of fused-ring (bicyclic) bond motifs is 2. The predicted octanol–water partition coefficient (Wildman–Crippen LogP) is 12.0. The van der Waals surface area contributed by atoms with Gasteiger partial charge in [0.1, 0.15) is 29.5 Å². The van der Waals surface area contributed by atoms with Crippen LogP contribution in [-0.4, -0.2) is 76.4 Å². The van der Waals surface area contributed by atoms with Crippen LogP contribution in [0.4, 0.5) is 0 Å². The second-order valence-electron chi connectivity index (χ2n) is 22.7. The molecule has 3 saturated heterocycles. The minimum absolute atomic E-state index is 0. The molecule has 386 valence electrons. The van der Waals surface area contributed by atoms with Gasteiger partial charge in [-0.3, -0.25) is 24.0 Å². The summed E-state index contributed by atoms with van der Waals surface area (Å²) in [5.74, 6) is 1.65. The minimum Gasteiger partial charge on any atom is -0.462 e. The standard InChI is InChI=1S/C16H24O5.C16H24O4.C16H26O3.6CH4/c1-5-16(3,4)15(18)20-8(2)19-12-9-6-10-11(7-9)14(17)21-13(10)12;1-4-15(2,3)14(18)20-16-7-10-5-11(8-16)13(17)19-12(6-10)9-16;1-4-14(2,3)13(17)19-16-8-11-5-12(9-16)7-15(18,6-11)10-16;;;;;;/h8-13H,5-7H2,1-4H3;10-12H,4-9H2,1-3H3;11-12,18H,4-10H2,1-3H3;6*1H4. The molecule has 12 heteroatoms. The molecule has 0 aromatic carbocycles. The summed E-state index contributed by atoms with van der Waals surface area (Å²) in [7, 11) is 0. The van der Waals surface area contributed by atoms with Gasteiger partial charge in [-0.15, -0.1) is 0 Å². The molecule has 0 spiro atoms. The molecule has 8 aliphatic carbocycles. The van der Waals surface area contributed by atoms with E-state index in [4.69, 9.17) is 28.4 Å². The first-order chi connectivity index (χ1) is 27.9. The van der Waals surface area contributed by atoms with Crippen LogP contribution in [0.5, 0.6) is 0 Å². The average Bonchev–Trinajstić information content (AvgIpc) is 3.75. The molecule has 11 aliphatic rings. The zero-order chi connectivity index (χ0) is 43.8. The number of carbonyl (C=O) groups excluding carboxylic acids is 5. The summed E-state index contributed by atoms with van der Waals surface area (Å²) in [6.07, 6.45) is 13.0. The third-order valence-electron chi connectivity index (χ3n) is 16.6. The highest BCUT2D eigenvalue weighted by Gasteiger charge is 2.63. The first-order valence-electron chi connectivity index (χ1n) is 23.4. The summed E-state index contributed by atoms with van der Waals surface area (Å²) in [4.78, 5) is 60.6. The summed E-state index contributed by atoms with van der Waals surface area (Å²) in [5.41, 5.74) is -2.73. The molecule has 0 amide bonds. The zero-order valence-corrected chi connectivity index (χ0v) is 38.1. The highest BCUT2D eigenvalue weighted by atomic mass is 16.7. The van der Waals surface area contributed by atoms with Crippen molar-refractivity contribution >= 4 is 29.8 Å². The van der Waals surface area contributed by atoms with Crippen LogP contribution < -0.4 is 0 Å². The Morgan fingerprint density at radius 1 is 0.636 bits per heavy atom. The summed E-state index contributed by atoms with van der Waals surface area (Å²) in [5, 5.41) is 10.6. The second-order valence-corrected chi connectivity index (χ2v) is 22.7. The van der Waals surface area contributed by atoms with Gasteiger partial charge in [0, 0.05) is 25.2 Å². The van der Waals surface area contributed by atoms with E-state index in [0.29, 0.717) is 55.3 Å². The Balaban J connectivity index is 0.000000474. The number of aliphatic hydroxyl groups is 1. The molecule has 11 fully saturated rings. The molecule has 12 nitrogen and oxygen atoms in total. The fraction of sp³-hybridized carbons (Fsp3) is 0.907. The van der Waals surface area contributed by atoms with Crippen LogP contribution in [0.15, 0.2) is 0 Å². The lowest BCUT2D eigenvalue weighted by molar-refractivity contribution is -0.225. The summed E-state index contributed by atoms with van der Waals surface area (Å²) >= 11 is 0. The average molecular weight is 939 g/mol. The van der Waals surface area contributed by atoms with Crippen molar-refractivity contribution in [3.8, 4) is 0 Å². The molecule has 8 saturated carbocycles. The number of carbonyl (C=O) groups is 5.